The maximum Gasteiger partial charge on any atom is 0.189 e. The summed E-state index contributed by atoms with van der Waals surface area (Å²) in [5, 5.41) is 3.21. The Bertz CT molecular complexity index is 373. The predicted molar refractivity (Wildman–Crippen MR) is 67.1 cm³/mol. The third-order valence-corrected chi connectivity index (χ3v) is 2.63. The molecule has 2 rings (SSSR count). The van der Waals surface area contributed by atoms with Crippen LogP contribution in [-0.2, 0) is 6.54 Å². The molecule has 0 saturated carbocycles. The Morgan fingerprint density at radius 2 is 1.94 bits per heavy atom. The summed E-state index contributed by atoms with van der Waals surface area (Å²) in [5.41, 5.74) is 6.99. The second-order valence-corrected chi connectivity index (χ2v) is 3.97. The van der Waals surface area contributed by atoms with Crippen LogP contribution in [0.2, 0.25) is 0 Å². The Balaban J connectivity index is 1.82. The molecule has 16 heavy (non-hydrogen) atoms. The molecule has 3 nitrogen and oxygen atoms in total. The lowest BCUT2D eigenvalue weighted by Gasteiger charge is -2.12. The van der Waals surface area contributed by atoms with Crippen LogP contribution >= 0.6 is 0 Å². The summed E-state index contributed by atoms with van der Waals surface area (Å²) in [6.07, 6.45) is 6.42. The summed E-state index contributed by atoms with van der Waals surface area (Å²) in [7, 11) is 0. The highest BCUT2D eigenvalue weighted by Gasteiger charge is 2.09. The third kappa shape index (κ3) is 3.12. The highest BCUT2D eigenvalue weighted by molar-refractivity contribution is 5.78. The minimum Gasteiger partial charge on any atom is -0.370 e. The number of hydrogen-bond donors (Lipinski definition) is 2. The van der Waals surface area contributed by atoms with E-state index in [4.69, 9.17) is 5.73 Å². The van der Waals surface area contributed by atoms with Gasteiger partial charge in [-0.15, -0.1) is 0 Å². The van der Waals surface area contributed by atoms with Crippen molar-refractivity contribution >= 4 is 5.96 Å². The van der Waals surface area contributed by atoms with Crippen LogP contribution in [0.15, 0.2) is 47.5 Å². The molecule has 0 radical (unpaired) electrons. The molecule has 1 aliphatic carbocycles. The molecular weight excluding hydrogens is 198 g/mol. The monoisotopic (exact) mass is 215 g/mol. The van der Waals surface area contributed by atoms with E-state index in [0.717, 1.165) is 12.8 Å². The van der Waals surface area contributed by atoms with E-state index >= 15 is 0 Å². The van der Waals surface area contributed by atoms with Gasteiger partial charge in [0.25, 0.3) is 0 Å². The minimum absolute atomic E-state index is 0.430. The molecule has 84 valence electrons. The SMILES string of the molecule is NC(=NCc1ccccc1)NC1CC=CC1. The van der Waals surface area contributed by atoms with Gasteiger partial charge in [0.15, 0.2) is 5.96 Å². The van der Waals surface area contributed by atoms with E-state index in [0.29, 0.717) is 18.5 Å². The molecule has 0 saturated heterocycles. The van der Waals surface area contributed by atoms with E-state index in [9.17, 15) is 0 Å². The van der Waals surface area contributed by atoms with Crippen molar-refractivity contribution in [2.24, 2.45) is 10.7 Å². The van der Waals surface area contributed by atoms with Crippen LogP contribution in [0, 0.1) is 0 Å². The molecule has 0 aromatic heterocycles. The number of nitrogens with zero attached hydrogens (tertiary/aromatic N) is 1. The zero-order chi connectivity index (χ0) is 11.2. The molecule has 1 aromatic carbocycles. The molecule has 0 atom stereocenters. The van der Waals surface area contributed by atoms with Crippen molar-refractivity contribution in [1.82, 2.24) is 5.32 Å². The molecule has 3 N–H and O–H groups in total. The molecular formula is C13H17N3. The predicted octanol–water partition coefficient (Wildman–Crippen LogP) is 1.81. The van der Waals surface area contributed by atoms with Crippen LogP contribution in [-0.4, -0.2) is 12.0 Å². The first-order valence-corrected chi connectivity index (χ1v) is 5.60. The van der Waals surface area contributed by atoms with Crippen LogP contribution in [0.3, 0.4) is 0 Å². The van der Waals surface area contributed by atoms with Crippen LogP contribution in [0.4, 0.5) is 0 Å². The fourth-order valence-corrected chi connectivity index (χ4v) is 1.75. The second kappa shape index (κ2) is 5.35. The van der Waals surface area contributed by atoms with E-state index in [2.05, 4.69) is 22.5 Å². The maximum absolute atomic E-state index is 5.81. The van der Waals surface area contributed by atoms with Crippen LogP contribution in [0.1, 0.15) is 18.4 Å². The zero-order valence-corrected chi connectivity index (χ0v) is 9.26. The van der Waals surface area contributed by atoms with Gasteiger partial charge in [0, 0.05) is 6.04 Å². The number of aliphatic imine (C=N–C) groups is 1. The summed E-state index contributed by atoms with van der Waals surface area (Å²) in [5.74, 6) is 0.539. The maximum atomic E-state index is 5.81. The zero-order valence-electron chi connectivity index (χ0n) is 9.26. The number of hydrogen-bond acceptors (Lipinski definition) is 1. The Labute approximate surface area is 96.1 Å². The van der Waals surface area contributed by atoms with Crippen molar-refractivity contribution in [3.05, 3.63) is 48.0 Å². The normalized spacial score (nSPS) is 16.6. The Kier molecular flexibility index (Phi) is 3.59. The van der Waals surface area contributed by atoms with Gasteiger partial charge in [-0.1, -0.05) is 42.5 Å². The average Bonchev–Trinajstić information content (AvgIpc) is 2.81. The van der Waals surface area contributed by atoms with Gasteiger partial charge in [-0.25, -0.2) is 4.99 Å². The molecule has 0 unspecified atom stereocenters. The molecule has 3 heteroatoms. The average molecular weight is 215 g/mol. The van der Waals surface area contributed by atoms with E-state index in [-0.39, 0.29) is 0 Å². The van der Waals surface area contributed by atoms with Gasteiger partial charge >= 0.3 is 0 Å². The molecule has 0 fully saturated rings. The van der Waals surface area contributed by atoms with Gasteiger partial charge in [-0.3, -0.25) is 0 Å². The molecule has 0 bridgehead atoms. The summed E-state index contributed by atoms with van der Waals surface area (Å²) in [4.78, 5) is 4.31. The van der Waals surface area contributed by atoms with E-state index in [1.165, 1.54) is 5.56 Å². The fourth-order valence-electron chi connectivity index (χ4n) is 1.75. The lowest BCUT2D eigenvalue weighted by Crippen LogP contribution is -2.38. The molecule has 1 aliphatic rings. The Morgan fingerprint density at radius 1 is 1.25 bits per heavy atom. The number of guanidine groups is 1. The Hall–Kier alpha value is -1.77. The Morgan fingerprint density at radius 3 is 2.62 bits per heavy atom. The standard InChI is InChI=1S/C13H17N3/c14-13(16-12-8-4-5-9-12)15-10-11-6-2-1-3-7-11/h1-7,12H,8-10H2,(H3,14,15,16). The highest BCUT2D eigenvalue weighted by Crippen LogP contribution is 2.08. The summed E-state index contributed by atoms with van der Waals surface area (Å²) < 4.78 is 0. The first-order valence-electron chi connectivity index (χ1n) is 5.60. The highest BCUT2D eigenvalue weighted by atomic mass is 15.1. The number of nitrogens with one attached hydrogen (secondary N) is 1. The van der Waals surface area contributed by atoms with Gasteiger partial charge < -0.3 is 11.1 Å². The molecule has 0 amide bonds. The van der Waals surface area contributed by atoms with Gasteiger partial charge in [0.1, 0.15) is 0 Å². The second-order valence-electron chi connectivity index (χ2n) is 3.97. The van der Waals surface area contributed by atoms with Gasteiger partial charge in [-0.05, 0) is 18.4 Å². The van der Waals surface area contributed by atoms with E-state index < -0.39 is 0 Å². The topological polar surface area (TPSA) is 50.4 Å². The van der Waals surface area contributed by atoms with Crippen LogP contribution < -0.4 is 11.1 Å². The van der Waals surface area contributed by atoms with Crippen molar-refractivity contribution in [3.63, 3.8) is 0 Å². The largest absolute Gasteiger partial charge is 0.370 e. The molecule has 1 aromatic rings. The molecule has 0 aliphatic heterocycles. The quantitative estimate of drug-likeness (QED) is 0.459. The molecule has 0 heterocycles. The van der Waals surface area contributed by atoms with Crippen molar-refractivity contribution < 1.29 is 0 Å². The lowest BCUT2D eigenvalue weighted by atomic mass is 10.2. The van der Waals surface area contributed by atoms with Gasteiger partial charge in [0.2, 0.25) is 0 Å². The molecule has 0 spiro atoms. The minimum atomic E-state index is 0.430. The van der Waals surface area contributed by atoms with Crippen molar-refractivity contribution in [1.29, 1.82) is 0 Å². The third-order valence-electron chi connectivity index (χ3n) is 2.63. The van der Waals surface area contributed by atoms with Crippen molar-refractivity contribution in [3.8, 4) is 0 Å². The summed E-state index contributed by atoms with van der Waals surface area (Å²) in [6, 6.07) is 10.5. The number of nitrogens with two attached hydrogens (primary N) is 1. The van der Waals surface area contributed by atoms with E-state index in [1.54, 1.807) is 0 Å². The first kappa shape index (κ1) is 10.7. The number of benzene rings is 1. The van der Waals surface area contributed by atoms with Crippen molar-refractivity contribution in [2.75, 3.05) is 0 Å². The van der Waals surface area contributed by atoms with Gasteiger partial charge in [-0.2, -0.15) is 0 Å². The summed E-state index contributed by atoms with van der Waals surface area (Å²) >= 11 is 0. The fraction of sp³-hybridized carbons (Fsp3) is 0.308. The van der Waals surface area contributed by atoms with Gasteiger partial charge in [0.05, 0.1) is 6.54 Å². The summed E-state index contributed by atoms with van der Waals surface area (Å²) in [6.45, 7) is 0.639. The van der Waals surface area contributed by atoms with Crippen molar-refractivity contribution in [2.45, 2.75) is 25.4 Å². The lowest BCUT2D eigenvalue weighted by molar-refractivity contribution is 0.647. The van der Waals surface area contributed by atoms with E-state index in [1.807, 2.05) is 30.3 Å². The van der Waals surface area contributed by atoms with Crippen LogP contribution in [0.25, 0.3) is 0 Å². The van der Waals surface area contributed by atoms with Crippen LogP contribution in [0.5, 0.6) is 0 Å². The number of rotatable bonds is 3. The smallest absolute Gasteiger partial charge is 0.189 e. The first-order chi connectivity index (χ1) is 7.84.